The van der Waals surface area contributed by atoms with Crippen molar-refractivity contribution in [3.05, 3.63) is 0 Å². The van der Waals surface area contributed by atoms with Crippen LogP contribution in [0.5, 0.6) is 0 Å². The monoisotopic (exact) mass is 189 g/mol. The lowest BCUT2D eigenvalue weighted by Crippen LogP contribution is -2.29. The maximum absolute atomic E-state index is 6.37. The van der Waals surface area contributed by atoms with Gasteiger partial charge in [-0.2, -0.15) is 0 Å². The van der Waals surface area contributed by atoms with Crippen molar-refractivity contribution in [1.29, 1.82) is 0 Å². The van der Waals surface area contributed by atoms with Crippen LogP contribution in [0.3, 0.4) is 0 Å². The summed E-state index contributed by atoms with van der Waals surface area (Å²) in [4.78, 5) is 4.27. The van der Waals surface area contributed by atoms with Gasteiger partial charge in [-0.3, -0.25) is 4.99 Å². The Balaban J connectivity index is 4.51. The summed E-state index contributed by atoms with van der Waals surface area (Å²) < 4.78 is 0. The van der Waals surface area contributed by atoms with E-state index in [1.807, 2.05) is 6.92 Å². The van der Waals surface area contributed by atoms with Gasteiger partial charge in [-0.1, -0.05) is 13.8 Å². The van der Waals surface area contributed by atoms with E-state index < -0.39 is 0 Å². The normalized spacial score (nSPS) is 14.1. The molecule has 0 rings (SSSR count). The fourth-order valence-corrected chi connectivity index (χ4v) is 1.31. The molecule has 0 atom stereocenters. The van der Waals surface area contributed by atoms with Crippen LogP contribution in [-0.2, 0) is 0 Å². The highest BCUT2D eigenvalue weighted by molar-refractivity contribution is 6.35. The molecule has 0 amide bonds. The molecule has 0 spiro atoms. The molecule has 0 aromatic rings. The summed E-state index contributed by atoms with van der Waals surface area (Å²) in [6, 6.07) is 0.348. The molecular weight excluding hydrogens is 170 g/mol. The second-order valence-electron chi connectivity index (χ2n) is 3.48. The van der Waals surface area contributed by atoms with Gasteiger partial charge >= 0.3 is 0 Å². The van der Waals surface area contributed by atoms with Crippen molar-refractivity contribution < 1.29 is 0 Å². The molecule has 0 aliphatic carbocycles. The number of aliphatic imine (C=N–C) groups is 1. The minimum Gasteiger partial charge on any atom is -0.290 e. The quantitative estimate of drug-likeness (QED) is 0.473. The molecule has 0 fully saturated rings. The minimum atomic E-state index is -0.204. The Labute approximate surface area is 81.2 Å². The first kappa shape index (κ1) is 12.0. The van der Waals surface area contributed by atoms with Crippen LogP contribution in [0.2, 0.25) is 0 Å². The van der Waals surface area contributed by atoms with Crippen LogP contribution in [0.4, 0.5) is 0 Å². The maximum Gasteiger partial charge on any atom is 0.0814 e. The lowest BCUT2D eigenvalue weighted by atomic mass is 9.97. The number of nitrogens with zero attached hydrogens (tertiary/aromatic N) is 1. The largest absolute Gasteiger partial charge is 0.290 e. The molecule has 0 heterocycles. The van der Waals surface area contributed by atoms with Crippen LogP contribution in [0.15, 0.2) is 4.99 Å². The number of alkyl halides is 1. The Kier molecular flexibility index (Phi) is 4.84. The predicted molar refractivity (Wildman–Crippen MR) is 57.4 cm³/mol. The van der Waals surface area contributed by atoms with Gasteiger partial charge in [-0.25, -0.2) is 0 Å². The zero-order chi connectivity index (χ0) is 9.78. The molecule has 0 aliphatic heterocycles. The van der Waals surface area contributed by atoms with E-state index in [-0.39, 0.29) is 4.87 Å². The molecule has 0 saturated heterocycles. The first-order valence-electron chi connectivity index (χ1n) is 4.70. The molecule has 0 radical (unpaired) electrons. The molecule has 0 bridgehead atoms. The minimum absolute atomic E-state index is 0.204. The molecule has 0 aromatic carbocycles. The Hall–Kier alpha value is -0.0400. The van der Waals surface area contributed by atoms with Crippen molar-refractivity contribution in [2.24, 2.45) is 4.99 Å². The third-order valence-corrected chi connectivity index (χ3v) is 3.03. The van der Waals surface area contributed by atoms with Crippen molar-refractivity contribution in [3.63, 3.8) is 0 Å². The summed E-state index contributed by atoms with van der Waals surface area (Å²) in [6.45, 7) is 10.4. The molecule has 0 unspecified atom stereocenters. The second-order valence-corrected chi connectivity index (χ2v) is 4.20. The fourth-order valence-electron chi connectivity index (χ4n) is 1.26. The Morgan fingerprint density at radius 1 is 1.33 bits per heavy atom. The first-order valence-corrected chi connectivity index (χ1v) is 5.07. The van der Waals surface area contributed by atoms with E-state index in [4.69, 9.17) is 11.6 Å². The Bertz CT molecular complexity index is 157. The predicted octanol–water partition coefficient (Wildman–Crippen LogP) is 3.65. The molecule has 12 heavy (non-hydrogen) atoms. The highest BCUT2D eigenvalue weighted by atomic mass is 35.5. The highest BCUT2D eigenvalue weighted by Crippen LogP contribution is 2.26. The number of halogens is 1. The van der Waals surface area contributed by atoms with Crippen LogP contribution in [0.1, 0.15) is 47.5 Å². The molecule has 1 nitrogen and oxygen atoms in total. The molecule has 0 saturated carbocycles. The van der Waals surface area contributed by atoms with E-state index in [0.717, 1.165) is 18.6 Å². The van der Waals surface area contributed by atoms with Gasteiger partial charge in [0.2, 0.25) is 0 Å². The van der Waals surface area contributed by atoms with Crippen LogP contribution in [0, 0.1) is 0 Å². The zero-order valence-corrected chi connectivity index (χ0v) is 9.57. The van der Waals surface area contributed by atoms with Gasteiger partial charge in [-0.15, -0.1) is 11.6 Å². The summed E-state index contributed by atoms with van der Waals surface area (Å²) in [5.41, 5.74) is 1.07. The Morgan fingerprint density at radius 3 is 2.00 bits per heavy atom. The summed E-state index contributed by atoms with van der Waals surface area (Å²) in [5.74, 6) is 0. The third kappa shape index (κ3) is 3.14. The average molecular weight is 190 g/mol. The average Bonchev–Trinajstić information content (AvgIpc) is 2.02. The number of hydrogen-bond donors (Lipinski definition) is 0. The third-order valence-electron chi connectivity index (χ3n) is 2.22. The van der Waals surface area contributed by atoms with Crippen molar-refractivity contribution in [2.75, 3.05) is 0 Å². The van der Waals surface area contributed by atoms with Gasteiger partial charge < -0.3 is 0 Å². The van der Waals surface area contributed by atoms with Crippen molar-refractivity contribution in [1.82, 2.24) is 0 Å². The van der Waals surface area contributed by atoms with Gasteiger partial charge in [0.15, 0.2) is 0 Å². The van der Waals surface area contributed by atoms with Gasteiger partial charge in [0.25, 0.3) is 0 Å². The van der Waals surface area contributed by atoms with E-state index >= 15 is 0 Å². The van der Waals surface area contributed by atoms with Gasteiger partial charge in [0.1, 0.15) is 0 Å². The van der Waals surface area contributed by atoms with Crippen molar-refractivity contribution in [3.8, 4) is 0 Å². The standard InChI is InChI=1S/C10H20ClN/c1-6-10(11,7-2)9(5)12-8(3)4/h8H,6-7H2,1-5H3. The first-order chi connectivity index (χ1) is 5.46. The molecule has 0 N–H and O–H groups in total. The molecule has 2 heteroatoms. The summed E-state index contributed by atoms with van der Waals surface area (Å²) in [6.07, 6.45) is 1.90. The van der Waals surface area contributed by atoms with E-state index in [1.54, 1.807) is 0 Å². The highest BCUT2D eigenvalue weighted by Gasteiger charge is 2.26. The van der Waals surface area contributed by atoms with Crippen LogP contribution in [-0.4, -0.2) is 16.6 Å². The number of hydrogen-bond acceptors (Lipinski definition) is 1. The lowest BCUT2D eigenvalue weighted by molar-refractivity contribution is 0.669. The zero-order valence-electron chi connectivity index (χ0n) is 8.82. The van der Waals surface area contributed by atoms with Crippen molar-refractivity contribution >= 4 is 17.3 Å². The van der Waals surface area contributed by atoms with Crippen molar-refractivity contribution in [2.45, 2.75) is 58.4 Å². The summed E-state index contributed by atoms with van der Waals surface area (Å²) in [7, 11) is 0. The second kappa shape index (κ2) is 4.86. The van der Waals surface area contributed by atoms with Crippen LogP contribution < -0.4 is 0 Å². The maximum atomic E-state index is 6.37. The van der Waals surface area contributed by atoms with Crippen LogP contribution >= 0.6 is 11.6 Å². The topological polar surface area (TPSA) is 12.4 Å². The van der Waals surface area contributed by atoms with E-state index in [2.05, 4.69) is 32.7 Å². The molecular formula is C10H20ClN. The molecule has 0 aromatic heterocycles. The number of rotatable bonds is 4. The fraction of sp³-hybridized carbons (Fsp3) is 0.900. The lowest BCUT2D eigenvalue weighted by Gasteiger charge is -2.24. The van der Waals surface area contributed by atoms with Gasteiger partial charge in [0, 0.05) is 11.8 Å². The van der Waals surface area contributed by atoms with E-state index in [1.165, 1.54) is 0 Å². The smallest absolute Gasteiger partial charge is 0.0814 e. The summed E-state index contributed by atoms with van der Waals surface area (Å²) in [5, 5.41) is 0. The van der Waals surface area contributed by atoms with E-state index in [9.17, 15) is 0 Å². The van der Waals surface area contributed by atoms with Gasteiger partial charge in [0.05, 0.1) is 4.87 Å². The summed E-state index contributed by atoms with van der Waals surface area (Å²) >= 11 is 6.37. The molecule has 0 aliphatic rings. The Morgan fingerprint density at radius 2 is 1.75 bits per heavy atom. The SMILES string of the molecule is CCC(Cl)(CC)C(C)=NC(C)C. The molecule has 72 valence electrons. The van der Waals surface area contributed by atoms with Gasteiger partial charge in [-0.05, 0) is 33.6 Å². The van der Waals surface area contributed by atoms with Crippen LogP contribution in [0.25, 0.3) is 0 Å². The van der Waals surface area contributed by atoms with E-state index in [0.29, 0.717) is 6.04 Å².